The van der Waals surface area contributed by atoms with Crippen molar-refractivity contribution < 1.29 is 19.1 Å². The number of anilines is 1. The van der Waals surface area contributed by atoms with E-state index in [1.165, 1.54) is 12.1 Å². The number of aromatic amines is 1. The Morgan fingerprint density at radius 3 is 2.45 bits per heavy atom. The van der Waals surface area contributed by atoms with Gasteiger partial charge in [-0.1, -0.05) is 35.9 Å². The van der Waals surface area contributed by atoms with Crippen LogP contribution in [0.25, 0.3) is 10.1 Å². The Morgan fingerprint density at radius 1 is 1.03 bits per heavy atom. The maximum atomic E-state index is 13.5. The molecule has 0 unspecified atom stereocenters. The maximum Gasteiger partial charge on any atom is 0.267 e. The smallest absolute Gasteiger partial charge is 0.267 e. The number of aromatic nitrogens is 2. The van der Waals surface area contributed by atoms with Gasteiger partial charge in [-0.25, -0.2) is 4.39 Å². The van der Waals surface area contributed by atoms with Crippen LogP contribution in [0.5, 0.6) is 5.75 Å². The van der Waals surface area contributed by atoms with Crippen molar-refractivity contribution in [3.63, 3.8) is 0 Å². The van der Waals surface area contributed by atoms with Crippen molar-refractivity contribution in [2.24, 2.45) is 5.73 Å². The van der Waals surface area contributed by atoms with E-state index in [4.69, 9.17) is 17.3 Å². The van der Waals surface area contributed by atoms with Crippen LogP contribution in [0.3, 0.4) is 0 Å². The number of fused-ring (bicyclic) bond motifs is 1. The van der Waals surface area contributed by atoms with Gasteiger partial charge in [0.2, 0.25) is 0 Å². The Hall–Kier alpha value is -4.21. The molecule has 38 heavy (non-hydrogen) atoms. The van der Waals surface area contributed by atoms with Crippen molar-refractivity contribution in [3.05, 3.63) is 111 Å². The molecule has 0 bridgehead atoms. The fourth-order valence-corrected chi connectivity index (χ4v) is 5.67. The van der Waals surface area contributed by atoms with E-state index in [0.717, 1.165) is 22.5 Å². The molecule has 0 aliphatic rings. The number of nitrogens with two attached hydrogens (primary N) is 1. The quantitative estimate of drug-likeness (QED) is 0.194. The van der Waals surface area contributed by atoms with Crippen LogP contribution >= 0.6 is 22.9 Å². The summed E-state index contributed by atoms with van der Waals surface area (Å²) in [5.41, 5.74) is 9.70. The SMILES string of the molecule is NC(=O)c1c(CCc2ccc(O)cc2)n[nH]c1Cc1ccc(NC(=O)c2sc3cc(F)ccc3c2Cl)cc1. The Kier molecular flexibility index (Phi) is 7.13. The summed E-state index contributed by atoms with van der Waals surface area (Å²) in [6.45, 7) is 0. The van der Waals surface area contributed by atoms with Gasteiger partial charge in [-0.15, -0.1) is 11.3 Å². The number of halogens is 2. The molecule has 0 fully saturated rings. The largest absolute Gasteiger partial charge is 0.508 e. The van der Waals surface area contributed by atoms with Gasteiger partial charge in [0.1, 0.15) is 16.4 Å². The third-order valence-electron chi connectivity index (χ3n) is 6.14. The second-order valence-corrected chi connectivity index (χ2v) is 10.2. The Labute approximate surface area is 226 Å². The third kappa shape index (κ3) is 5.39. The van der Waals surface area contributed by atoms with Crippen molar-refractivity contribution in [1.29, 1.82) is 0 Å². The number of nitrogens with zero attached hydrogens (tertiary/aromatic N) is 1. The summed E-state index contributed by atoms with van der Waals surface area (Å²) in [4.78, 5) is 25.3. The minimum atomic E-state index is -0.557. The first-order chi connectivity index (χ1) is 18.3. The molecule has 5 aromatic rings. The average Bonchev–Trinajstić information content (AvgIpc) is 3.45. The summed E-state index contributed by atoms with van der Waals surface area (Å²) in [5, 5.41) is 20.4. The number of primary amides is 1. The molecule has 0 radical (unpaired) electrons. The standard InChI is InChI=1S/C28H22ClFN4O3S/c29-25-20-11-6-17(30)14-23(20)38-26(25)28(37)32-18-7-1-16(2-8-18)13-22-24(27(31)36)21(33-34-22)12-5-15-3-9-19(35)10-4-15/h1-4,6-11,14,35H,5,12-13H2,(H2,31,36)(H,32,37)(H,33,34). The van der Waals surface area contributed by atoms with E-state index in [2.05, 4.69) is 15.5 Å². The number of hydrogen-bond acceptors (Lipinski definition) is 5. The van der Waals surface area contributed by atoms with E-state index >= 15 is 0 Å². The molecule has 2 amide bonds. The number of carbonyl (C=O) groups excluding carboxylic acids is 2. The number of aryl methyl sites for hydroxylation is 2. The molecule has 0 atom stereocenters. The van der Waals surface area contributed by atoms with Crippen LogP contribution in [0, 0.1) is 5.82 Å². The first-order valence-corrected chi connectivity index (χ1v) is 12.9. The molecular weight excluding hydrogens is 527 g/mol. The molecule has 2 aromatic heterocycles. The average molecular weight is 549 g/mol. The van der Waals surface area contributed by atoms with Crippen molar-refractivity contribution in [3.8, 4) is 5.75 Å². The molecule has 5 rings (SSSR count). The molecule has 3 aromatic carbocycles. The topological polar surface area (TPSA) is 121 Å². The summed E-state index contributed by atoms with van der Waals surface area (Å²) in [6, 6.07) is 18.3. The Bertz CT molecular complexity index is 1650. The Balaban J connectivity index is 1.27. The van der Waals surface area contributed by atoms with Gasteiger partial charge in [-0.3, -0.25) is 14.7 Å². The number of hydrogen-bond donors (Lipinski definition) is 4. The van der Waals surface area contributed by atoms with Crippen molar-refractivity contribution in [2.45, 2.75) is 19.3 Å². The van der Waals surface area contributed by atoms with Crippen LogP contribution in [0.1, 0.15) is 42.5 Å². The van der Waals surface area contributed by atoms with E-state index < -0.39 is 5.91 Å². The predicted molar refractivity (Wildman–Crippen MR) is 147 cm³/mol. The highest BCUT2D eigenvalue weighted by Gasteiger charge is 2.20. The van der Waals surface area contributed by atoms with Gasteiger partial charge >= 0.3 is 0 Å². The van der Waals surface area contributed by atoms with Gasteiger partial charge in [0.05, 0.1) is 22.0 Å². The van der Waals surface area contributed by atoms with Crippen LogP contribution in [0.4, 0.5) is 10.1 Å². The fourth-order valence-electron chi connectivity index (χ4n) is 4.23. The monoisotopic (exact) mass is 548 g/mol. The van der Waals surface area contributed by atoms with Gasteiger partial charge in [-0.2, -0.15) is 5.10 Å². The van der Waals surface area contributed by atoms with E-state index in [1.54, 1.807) is 30.3 Å². The number of rotatable bonds is 8. The van der Waals surface area contributed by atoms with E-state index in [-0.39, 0.29) is 17.5 Å². The van der Waals surface area contributed by atoms with Crippen LogP contribution < -0.4 is 11.1 Å². The van der Waals surface area contributed by atoms with Gasteiger partial charge in [0.15, 0.2) is 0 Å². The highest BCUT2D eigenvalue weighted by Crippen LogP contribution is 2.36. The highest BCUT2D eigenvalue weighted by molar-refractivity contribution is 7.21. The number of nitrogens with one attached hydrogen (secondary N) is 2. The lowest BCUT2D eigenvalue weighted by molar-refractivity contribution is 0.0996. The molecule has 7 nitrogen and oxygen atoms in total. The minimum Gasteiger partial charge on any atom is -0.508 e. The first kappa shape index (κ1) is 25.4. The summed E-state index contributed by atoms with van der Waals surface area (Å²) in [5.74, 6) is -1.13. The minimum absolute atomic E-state index is 0.194. The second kappa shape index (κ2) is 10.6. The molecule has 0 spiro atoms. The molecule has 0 aliphatic carbocycles. The number of phenols is 1. The van der Waals surface area contributed by atoms with E-state index in [0.29, 0.717) is 61.9 Å². The third-order valence-corrected chi connectivity index (χ3v) is 7.80. The van der Waals surface area contributed by atoms with Crippen LogP contribution in [0.15, 0.2) is 66.7 Å². The predicted octanol–water partition coefficient (Wildman–Crippen LogP) is 5.85. The summed E-state index contributed by atoms with van der Waals surface area (Å²) < 4.78 is 14.1. The number of carbonyl (C=O) groups is 2. The molecule has 5 N–H and O–H groups in total. The number of aromatic hydroxyl groups is 1. The second-order valence-electron chi connectivity index (χ2n) is 8.77. The first-order valence-electron chi connectivity index (χ1n) is 11.7. The van der Waals surface area contributed by atoms with Gasteiger partial charge in [0, 0.05) is 22.2 Å². The molecular formula is C28H22ClFN4O3S. The van der Waals surface area contributed by atoms with E-state index in [9.17, 15) is 19.1 Å². The number of thiophene rings is 1. The van der Waals surface area contributed by atoms with Crippen LogP contribution in [-0.4, -0.2) is 27.1 Å². The van der Waals surface area contributed by atoms with Gasteiger partial charge in [-0.05, 0) is 66.4 Å². The highest BCUT2D eigenvalue weighted by atomic mass is 35.5. The zero-order valence-electron chi connectivity index (χ0n) is 19.9. The Morgan fingerprint density at radius 2 is 1.74 bits per heavy atom. The summed E-state index contributed by atoms with van der Waals surface area (Å²) in [6.07, 6.45) is 1.54. The zero-order valence-corrected chi connectivity index (χ0v) is 21.5. The fraction of sp³-hybridized carbons (Fsp3) is 0.107. The van der Waals surface area contributed by atoms with E-state index in [1.807, 2.05) is 24.3 Å². The summed E-state index contributed by atoms with van der Waals surface area (Å²) >= 11 is 7.49. The van der Waals surface area contributed by atoms with Crippen molar-refractivity contribution in [2.75, 3.05) is 5.32 Å². The number of phenolic OH excluding ortho intramolecular Hbond substituents is 1. The molecule has 10 heteroatoms. The van der Waals surface area contributed by atoms with Crippen LogP contribution in [0.2, 0.25) is 5.02 Å². The van der Waals surface area contributed by atoms with Crippen molar-refractivity contribution in [1.82, 2.24) is 10.2 Å². The molecule has 0 saturated carbocycles. The lowest BCUT2D eigenvalue weighted by atomic mass is 10.0. The zero-order chi connectivity index (χ0) is 26.8. The maximum absolute atomic E-state index is 13.5. The molecule has 0 aliphatic heterocycles. The molecule has 192 valence electrons. The van der Waals surface area contributed by atoms with Gasteiger partial charge < -0.3 is 16.2 Å². The van der Waals surface area contributed by atoms with Gasteiger partial charge in [0.25, 0.3) is 11.8 Å². The lowest BCUT2D eigenvalue weighted by Gasteiger charge is -2.07. The molecule has 0 saturated heterocycles. The number of H-pyrrole nitrogens is 1. The van der Waals surface area contributed by atoms with Crippen LogP contribution in [-0.2, 0) is 19.3 Å². The normalized spacial score (nSPS) is 11.1. The molecule has 2 heterocycles. The number of amides is 2. The van der Waals surface area contributed by atoms with Crippen molar-refractivity contribution >= 4 is 50.5 Å². The summed E-state index contributed by atoms with van der Waals surface area (Å²) in [7, 11) is 0. The number of benzene rings is 3. The lowest BCUT2D eigenvalue weighted by Crippen LogP contribution is -2.15.